The van der Waals surface area contributed by atoms with Gasteiger partial charge in [-0.3, -0.25) is 15.1 Å². The molecule has 1 aliphatic rings. The minimum Gasteiger partial charge on any atom is -0.333 e. The van der Waals surface area contributed by atoms with Gasteiger partial charge in [-0.1, -0.05) is 12.1 Å². The first-order valence-corrected chi connectivity index (χ1v) is 7.06. The average Bonchev–Trinajstić information content (AvgIpc) is 2.58. The summed E-state index contributed by atoms with van der Waals surface area (Å²) in [5.41, 5.74) is 2.55. The van der Waals surface area contributed by atoms with Gasteiger partial charge in [0.25, 0.3) is 5.69 Å². The van der Waals surface area contributed by atoms with E-state index in [4.69, 9.17) is 0 Å². The first-order chi connectivity index (χ1) is 11.1. The van der Waals surface area contributed by atoms with Gasteiger partial charge in [0, 0.05) is 30.7 Å². The van der Waals surface area contributed by atoms with Crippen LogP contribution in [0.3, 0.4) is 0 Å². The summed E-state index contributed by atoms with van der Waals surface area (Å²) in [5, 5.41) is 17.0. The van der Waals surface area contributed by atoms with Crippen molar-refractivity contribution in [3.05, 3.63) is 76.2 Å². The van der Waals surface area contributed by atoms with E-state index in [2.05, 4.69) is 20.6 Å². The van der Waals surface area contributed by atoms with Crippen molar-refractivity contribution >= 4 is 17.3 Å². The summed E-state index contributed by atoms with van der Waals surface area (Å²) in [6.07, 6.45) is 7.19. The molecule has 3 rings (SSSR count). The summed E-state index contributed by atoms with van der Waals surface area (Å²) in [5.74, 6) is 0.532. The molecule has 0 amide bonds. The maximum absolute atomic E-state index is 10.9. The fourth-order valence-corrected chi connectivity index (χ4v) is 2.23. The van der Waals surface area contributed by atoms with Crippen molar-refractivity contribution < 1.29 is 4.92 Å². The van der Waals surface area contributed by atoms with Crippen LogP contribution in [0.5, 0.6) is 0 Å². The largest absolute Gasteiger partial charge is 0.333 e. The molecule has 0 spiro atoms. The van der Waals surface area contributed by atoms with Gasteiger partial charge in [-0.25, -0.2) is 4.99 Å². The summed E-state index contributed by atoms with van der Waals surface area (Å²) < 4.78 is 0. The number of nitrogens with one attached hydrogen (secondary N) is 2. The SMILES string of the molecule is Cc1ccc([N+](=O)[O-])cc1NC1=NC(c2cccnc2)C=CN1. The van der Waals surface area contributed by atoms with E-state index < -0.39 is 4.92 Å². The molecule has 0 aliphatic carbocycles. The van der Waals surface area contributed by atoms with E-state index in [1.165, 1.54) is 12.1 Å². The molecule has 2 heterocycles. The second-order valence-corrected chi connectivity index (χ2v) is 5.09. The molecular weight excluding hydrogens is 294 g/mol. The maximum Gasteiger partial charge on any atom is 0.271 e. The number of aliphatic imine (C=N–C) groups is 1. The van der Waals surface area contributed by atoms with Crippen LogP contribution in [0.1, 0.15) is 17.2 Å². The predicted molar refractivity (Wildman–Crippen MR) is 88.1 cm³/mol. The Morgan fingerprint density at radius 2 is 2.22 bits per heavy atom. The van der Waals surface area contributed by atoms with Crippen LogP contribution in [0.25, 0.3) is 0 Å². The van der Waals surface area contributed by atoms with Crippen LogP contribution in [0.4, 0.5) is 11.4 Å². The third kappa shape index (κ3) is 3.34. The Morgan fingerprint density at radius 1 is 1.35 bits per heavy atom. The van der Waals surface area contributed by atoms with Gasteiger partial charge >= 0.3 is 0 Å². The molecule has 7 nitrogen and oxygen atoms in total. The van der Waals surface area contributed by atoms with Crippen molar-refractivity contribution in [2.45, 2.75) is 13.0 Å². The molecule has 1 atom stereocenters. The van der Waals surface area contributed by atoms with E-state index in [0.29, 0.717) is 11.6 Å². The van der Waals surface area contributed by atoms with E-state index in [9.17, 15) is 10.1 Å². The lowest BCUT2D eigenvalue weighted by Gasteiger charge is -2.18. The summed E-state index contributed by atoms with van der Waals surface area (Å²) in [7, 11) is 0. The van der Waals surface area contributed by atoms with Crippen LogP contribution in [-0.2, 0) is 0 Å². The standard InChI is InChI=1S/C16H15N5O2/c1-11-4-5-13(21(22)23)9-15(11)20-16-18-8-6-14(19-16)12-3-2-7-17-10-12/h2-10,14H,1H3,(H2,18,19,20). The van der Waals surface area contributed by atoms with Crippen molar-refractivity contribution in [3.63, 3.8) is 0 Å². The Hall–Kier alpha value is -3.22. The van der Waals surface area contributed by atoms with Crippen LogP contribution < -0.4 is 10.6 Å². The van der Waals surface area contributed by atoms with Gasteiger partial charge in [-0.2, -0.15) is 0 Å². The molecule has 116 valence electrons. The number of hydrogen-bond donors (Lipinski definition) is 2. The minimum atomic E-state index is -0.418. The number of rotatable bonds is 3. The summed E-state index contributed by atoms with van der Waals surface area (Å²) in [6.45, 7) is 1.88. The zero-order valence-electron chi connectivity index (χ0n) is 12.4. The molecule has 1 aliphatic heterocycles. The molecule has 1 aromatic heterocycles. The highest BCUT2D eigenvalue weighted by Crippen LogP contribution is 2.24. The van der Waals surface area contributed by atoms with Crippen LogP contribution in [0, 0.1) is 17.0 Å². The molecule has 1 aromatic carbocycles. The number of non-ortho nitro benzene ring substituents is 1. The van der Waals surface area contributed by atoms with Crippen molar-refractivity contribution in [3.8, 4) is 0 Å². The fraction of sp³-hybridized carbons (Fsp3) is 0.125. The highest BCUT2D eigenvalue weighted by Gasteiger charge is 2.14. The van der Waals surface area contributed by atoms with Crippen LogP contribution in [-0.4, -0.2) is 15.9 Å². The van der Waals surface area contributed by atoms with Gasteiger partial charge < -0.3 is 10.6 Å². The Bertz CT molecular complexity index is 786. The lowest BCUT2D eigenvalue weighted by molar-refractivity contribution is -0.384. The first kappa shape index (κ1) is 14.7. The van der Waals surface area contributed by atoms with Crippen molar-refractivity contribution in [1.29, 1.82) is 0 Å². The maximum atomic E-state index is 10.9. The Morgan fingerprint density at radius 3 is 2.96 bits per heavy atom. The molecule has 0 radical (unpaired) electrons. The number of guanidine groups is 1. The minimum absolute atomic E-state index is 0.0360. The van der Waals surface area contributed by atoms with Gasteiger partial charge in [-0.05, 0) is 30.2 Å². The zero-order chi connectivity index (χ0) is 16.2. The molecule has 2 N–H and O–H groups in total. The fourth-order valence-electron chi connectivity index (χ4n) is 2.23. The second kappa shape index (κ2) is 6.27. The monoisotopic (exact) mass is 309 g/mol. The van der Waals surface area contributed by atoms with Crippen LogP contribution >= 0.6 is 0 Å². The lowest BCUT2D eigenvalue weighted by atomic mass is 10.1. The number of hydrogen-bond acceptors (Lipinski definition) is 6. The van der Waals surface area contributed by atoms with Gasteiger partial charge in [-0.15, -0.1) is 0 Å². The smallest absolute Gasteiger partial charge is 0.271 e. The summed E-state index contributed by atoms with van der Waals surface area (Å²) in [6, 6.07) is 8.35. The molecule has 0 bridgehead atoms. The number of pyridine rings is 1. The van der Waals surface area contributed by atoms with E-state index in [1.54, 1.807) is 24.7 Å². The second-order valence-electron chi connectivity index (χ2n) is 5.09. The molecular formula is C16H15N5O2. The normalized spacial score (nSPS) is 16.4. The molecule has 23 heavy (non-hydrogen) atoms. The number of anilines is 1. The van der Waals surface area contributed by atoms with Gasteiger partial charge in [0.15, 0.2) is 0 Å². The molecule has 0 saturated carbocycles. The van der Waals surface area contributed by atoms with Gasteiger partial charge in [0.2, 0.25) is 5.96 Å². The van der Waals surface area contributed by atoms with Crippen molar-refractivity contribution in [1.82, 2.24) is 10.3 Å². The molecule has 1 unspecified atom stereocenters. The molecule has 0 fully saturated rings. The first-order valence-electron chi connectivity index (χ1n) is 7.06. The number of nitro groups is 1. The number of aryl methyl sites for hydroxylation is 1. The van der Waals surface area contributed by atoms with Crippen molar-refractivity contribution in [2.24, 2.45) is 4.99 Å². The summed E-state index contributed by atoms with van der Waals surface area (Å²) >= 11 is 0. The quantitative estimate of drug-likeness (QED) is 0.671. The highest BCUT2D eigenvalue weighted by atomic mass is 16.6. The van der Waals surface area contributed by atoms with Crippen LogP contribution in [0.15, 0.2) is 60.0 Å². The zero-order valence-corrected chi connectivity index (χ0v) is 12.4. The number of aromatic nitrogens is 1. The third-order valence-electron chi connectivity index (χ3n) is 3.48. The molecule has 2 aromatic rings. The van der Waals surface area contributed by atoms with Gasteiger partial charge in [0.05, 0.1) is 10.6 Å². The number of benzene rings is 1. The molecule has 7 heteroatoms. The predicted octanol–water partition coefficient (Wildman–Crippen LogP) is 2.92. The van der Waals surface area contributed by atoms with E-state index in [1.807, 2.05) is 25.1 Å². The van der Waals surface area contributed by atoms with Crippen LogP contribution in [0.2, 0.25) is 0 Å². The van der Waals surface area contributed by atoms with Crippen molar-refractivity contribution in [2.75, 3.05) is 5.32 Å². The average molecular weight is 309 g/mol. The third-order valence-corrected chi connectivity index (χ3v) is 3.48. The Kier molecular flexibility index (Phi) is 4.01. The van der Waals surface area contributed by atoms with E-state index >= 15 is 0 Å². The van der Waals surface area contributed by atoms with E-state index in [0.717, 1.165) is 11.1 Å². The lowest BCUT2D eigenvalue weighted by Crippen LogP contribution is -2.29. The Labute approximate surface area is 132 Å². The topological polar surface area (TPSA) is 92.5 Å². The summed E-state index contributed by atoms with van der Waals surface area (Å²) in [4.78, 5) is 19.1. The Balaban J connectivity index is 1.84. The van der Waals surface area contributed by atoms with Gasteiger partial charge in [0.1, 0.15) is 6.04 Å². The van der Waals surface area contributed by atoms with E-state index in [-0.39, 0.29) is 11.7 Å². The number of nitro benzene ring substituents is 1. The molecule has 0 saturated heterocycles. The number of nitrogens with zero attached hydrogens (tertiary/aromatic N) is 3. The highest BCUT2D eigenvalue weighted by molar-refractivity contribution is 5.96.